The normalized spacial score (nSPS) is 14.0. The third-order valence-electron chi connectivity index (χ3n) is 4.29. The zero-order chi connectivity index (χ0) is 20.4. The minimum atomic E-state index is -1.33. The van der Waals surface area contributed by atoms with E-state index in [-0.39, 0.29) is 16.8 Å². The maximum absolute atomic E-state index is 12.5. The number of amides is 3. The molecule has 0 aliphatic carbocycles. The van der Waals surface area contributed by atoms with E-state index in [9.17, 15) is 19.2 Å². The molecule has 1 heterocycles. The molecule has 0 radical (unpaired) electrons. The first-order chi connectivity index (χ1) is 13.3. The highest BCUT2D eigenvalue weighted by Gasteiger charge is 2.27. The number of carbonyl (C=O) groups excluding carboxylic acids is 4. The number of rotatable bonds is 5. The van der Waals surface area contributed by atoms with Crippen LogP contribution in [0, 0.1) is 13.8 Å². The molecular formula is C20H18N4O4. The first kappa shape index (κ1) is 19.1. The monoisotopic (exact) mass is 378 g/mol. The number of Topliss-reactive ketones (excluding diaryl/α,β-unsaturated/α-hetero) is 1. The Hall–Kier alpha value is -3.68. The molecule has 8 nitrogen and oxygen atoms in total. The van der Waals surface area contributed by atoms with Crippen molar-refractivity contribution in [1.82, 2.24) is 5.32 Å². The predicted octanol–water partition coefficient (Wildman–Crippen LogP) is 2.87. The van der Waals surface area contributed by atoms with Gasteiger partial charge < -0.3 is 5.32 Å². The molecule has 0 bridgehead atoms. The molecule has 1 aliphatic rings. The Kier molecular flexibility index (Phi) is 5.12. The van der Waals surface area contributed by atoms with Gasteiger partial charge in [0.2, 0.25) is 6.04 Å². The van der Waals surface area contributed by atoms with Crippen LogP contribution in [0.3, 0.4) is 0 Å². The molecule has 2 N–H and O–H groups in total. The highest BCUT2D eigenvalue weighted by Crippen LogP contribution is 2.23. The number of hydrogen-bond acceptors (Lipinski definition) is 6. The number of azo groups is 1. The second kappa shape index (κ2) is 7.51. The first-order valence-corrected chi connectivity index (χ1v) is 8.55. The fourth-order valence-corrected chi connectivity index (χ4v) is 2.73. The maximum atomic E-state index is 12.5. The highest BCUT2D eigenvalue weighted by atomic mass is 16.2. The molecule has 1 unspecified atom stereocenters. The lowest BCUT2D eigenvalue weighted by atomic mass is 10.1. The van der Waals surface area contributed by atoms with Gasteiger partial charge in [0, 0.05) is 5.69 Å². The SMILES string of the molecule is CC(=O)C(N=Nc1ccc2c(c1)C(=O)NC2=O)C(=O)Nc1cc(C)ccc1C. The van der Waals surface area contributed by atoms with Gasteiger partial charge in [-0.05, 0) is 56.2 Å². The number of hydrogen-bond donors (Lipinski definition) is 2. The van der Waals surface area contributed by atoms with Gasteiger partial charge in [0.15, 0.2) is 5.78 Å². The van der Waals surface area contributed by atoms with Gasteiger partial charge in [-0.15, -0.1) is 0 Å². The molecule has 142 valence electrons. The van der Waals surface area contributed by atoms with Gasteiger partial charge in [-0.1, -0.05) is 12.1 Å². The second-order valence-corrected chi connectivity index (χ2v) is 6.55. The molecular weight excluding hydrogens is 360 g/mol. The minimum Gasteiger partial charge on any atom is -0.324 e. The molecule has 0 saturated heterocycles. The second-order valence-electron chi connectivity index (χ2n) is 6.55. The average molecular weight is 378 g/mol. The molecule has 2 aromatic rings. The van der Waals surface area contributed by atoms with Crippen LogP contribution in [0.25, 0.3) is 0 Å². The zero-order valence-corrected chi connectivity index (χ0v) is 15.6. The van der Waals surface area contributed by atoms with E-state index < -0.39 is 29.5 Å². The van der Waals surface area contributed by atoms with Crippen LogP contribution in [-0.4, -0.2) is 29.5 Å². The average Bonchev–Trinajstić information content (AvgIpc) is 2.92. The summed E-state index contributed by atoms with van der Waals surface area (Å²) in [4.78, 5) is 47.7. The van der Waals surface area contributed by atoms with E-state index in [1.165, 1.54) is 25.1 Å². The third kappa shape index (κ3) is 3.85. The smallest absolute Gasteiger partial charge is 0.259 e. The molecule has 0 spiro atoms. The van der Waals surface area contributed by atoms with Crippen molar-refractivity contribution in [3.05, 3.63) is 58.7 Å². The lowest BCUT2D eigenvalue weighted by molar-refractivity contribution is -0.126. The molecule has 0 saturated carbocycles. The van der Waals surface area contributed by atoms with Gasteiger partial charge in [0.05, 0.1) is 16.8 Å². The molecule has 1 atom stereocenters. The summed E-state index contributed by atoms with van der Waals surface area (Å²) < 4.78 is 0. The van der Waals surface area contributed by atoms with Crippen molar-refractivity contribution in [2.24, 2.45) is 10.2 Å². The Balaban J connectivity index is 1.81. The predicted molar refractivity (Wildman–Crippen MR) is 102 cm³/mol. The summed E-state index contributed by atoms with van der Waals surface area (Å²) >= 11 is 0. The molecule has 2 aromatic carbocycles. The number of nitrogens with one attached hydrogen (secondary N) is 2. The van der Waals surface area contributed by atoms with E-state index in [4.69, 9.17) is 0 Å². The van der Waals surface area contributed by atoms with Gasteiger partial charge in [-0.25, -0.2) is 0 Å². The van der Waals surface area contributed by atoms with Crippen molar-refractivity contribution < 1.29 is 19.2 Å². The summed E-state index contributed by atoms with van der Waals surface area (Å²) in [5.41, 5.74) is 3.11. The number of benzene rings is 2. The van der Waals surface area contributed by atoms with E-state index in [1.54, 1.807) is 6.07 Å². The van der Waals surface area contributed by atoms with Gasteiger partial charge in [0.25, 0.3) is 17.7 Å². The van der Waals surface area contributed by atoms with E-state index in [0.717, 1.165) is 11.1 Å². The summed E-state index contributed by atoms with van der Waals surface area (Å²) in [6, 6.07) is 8.58. The maximum Gasteiger partial charge on any atom is 0.259 e. The number of fused-ring (bicyclic) bond motifs is 1. The Morgan fingerprint density at radius 2 is 1.71 bits per heavy atom. The van der Waals surface area contributed by atoms with Crippen LogP contribution in [-0.2, 0) is 9.59 Å². The Morgan fingerprint density at radius 3 is 2.43 bits per heavy atom. The van der Waals surface area contributed by atoms with Gasteiger partial charge in [-0.2, -0.15) is 10.2 Å². The molecule has 1 aliphatic heterocycles. The van der Waals surface area contributed by atoms with Gasteiger partial charge in [-0.3, -0.25) is 24.5 Å². The topological polar surface area (TPSA) is 117 Å². The molecule has 8 heteroatoms. The molecule has 28 heavy (non-hydrogen) atoms. The summed E-state index contributed by atoms with van der Waals surface area (Å²) in [5, 5.41) is 12.7. The quantitative estimate of drug-likeness (QED) is 0.472. The van der Waals surface area contributed by atoms with E-state index in [0.29, 0.717) is 5.69 Å². The number of imide groups is 1. The molecule has 3 rings (SSSR count). The minimum absolute atomic E-state index is 0.181. The van der Waals surface area contributed by atoms with Gasteiger partial charge >= 0.3 is 0 Å². The van der Waals surface area contributed by atoms with E-state index in [1.807, 2.05) is 26.0 Å². The van der Waals surface area contributed by atoms with Crippen LogP contribution in [0.1, 0.15) is 38.8 Å². The number of carbonyl (C=O) groups is 4. The van der Waals surface area contributed by atoms with Crippen molar-refractivity contribution in [2.45, 2.75) is 26.8 Å². The van der Waals surface area contributed by atoms with Crippen molar-refractivity contribution >= 4 is 34.9 Å². The van der Waals surface area contributed by atoms with Crippen molar-refractivity contribution in [3.63, 3.8) is 0 Å². The summed E-state index contributed by atoms with van der Waals surface area (Å²) in [6.45, 7) is 4.99. The van der Waals surface area contributed by atoms with Crippen LogP contribution in [0.2, 0.25) is 0 Å². The number of ketones is 1. The van der Waals surface area contributed by atoms with E-state index >= 15 is 0 Å². The summed E-state index contributed by atoms with van der Waals surface area (Å²) in [7, 11) is 0. The van der Waals surface area contributed by atoms with Crippen LogP contribution >= 0.6 is 0 Å². The lowest BCUT2D eigenvalue weighted by Crippen LogP contribution is -2.32. The van der Waals surface area contributed by atoms with Crippen LogP contribution < -0.4 is 10.6 Å². The third-order valence-corrected chi connectivity index (χ3v) is 4.29. The van der Waals surface area contributed by atoms with Crippen LogP contribution in [0.15, 0.2) is 46.6 Å². The summed E-state index contributed by atoms with van der Waals surface area (Å²) in [6.07, 6.45) is 0. The lowest BCUT2D eigenvalue weighted by Gasteiger charge is -2.12. The van der Waals surface area contributed by atoms with Crippen LogP contribution in [0.5, 0.6) is 0 Å². The van der Waals surface area contributed by atoms with Crippen molar-refractivity contribution in [3.8, 4) is 0 Å². The van der Waals surface area contributed by atoms with Crippen LogP contribution in [0.4, 0.5) is 11.4 Å². The zero-order valence-electron chi connectivity index (χ0n) is 15.6. The number of aryl methyl sites for hydroxylation is 2. The van der Waals surface area contributed by atoms with E-state index in [2.05, 4.69) is 20.9 Å². The molecule has 3 amide bonds. The first-order valence-electron chi connectivity index (χ1n) is 8.55. The Morgan fingerprint density at radius 1 is 1.00 bits per heavy atom. The standard InChI is InChI=1S/C20H18N4O4/c1-10-4-5-11(2)16(8-10)21-20(28)17(12(3)25)24-23-13-6-7-14-15(9-13)19(27)22-18(14)26/h4-9,17H,1-3H3,(H,21,28)(H,22,26,27). The number of anilines is 1. The fraction of sp³-hybridized carbons (Fsp3) is 0.200. The Labute approximate surface area is 161 Å². The van der Waals surface area contributed by atoms with Crippen molar-refractivity contribution in [2.75, 3.05) is 5.32 Å². The van der Waals surface area contributed by atoms with Gasteiger partial charge in [0.1, 0.15) is 0 Å². The highest BCUT2D eigenvalue weighted by molar-refractivity contribution is 6.21. The fourth-order valence-electron chi connectivity index (χ4n) is 2.73. The summed E-state index contributed by atoms with van der Waals surface area (Å²) in [5.74, 6) is -2.06. The van der Waals surface area contributed by atoms with Crippen molar-refractivity contribution in [1.29, 1.82) is 0 Å². The largest absolute Gasteiger partial charge is 0.324 e. The Bertz CT molecular complexity index is 1040. The molecule has 0 aromatic heterocycles. The molecule has 0 fully saturated rings. The number of nitrogens with zero attached hydrogens (tertiary/aromatic N) is 2.